The van der Waals surface area contributed by atoms with Crippen LogP contribution in [-0.2, 0) is 32.2 Å². The van der Waals surface area contributed by atoms with Gasteiger partial charge in [0, 0.05) is 37.9 Å². The molecule has 3 aromatic carbocycles. The van der Waals surface area contributed by atoms with Crippen LogP contribution in [0.4, 0.5) is 11.4 Å². The summed E-state index contributed by atoms with van der Waals surface area (Å²) in [4.78, 5) is 27.5. The number of nitrogens with two attached hydrogens (primary N) is 1. The van der Waals surface area contributed by atoms with E-state index in [1.807, 2.05) is 48.5 Å². The molecule has 1 fully saturated rings. The predicted octanol–water partition coefficient (Wildman–Crippen LogP) is 9.75. The van der Waals surface area contributed by atoms with Crippen molar-refractivity contribution < 1.29 is 24.2 Å². The Morgan fingerprint density at radius 1 is 0.709 bits per heavy atom. The van der Waals surface area contributed by atoms with Crippen LogP contribution in [0.1, 0.15) is 151 Å². The standard InChI is InChI=1S/C46H68N4O5/c1-3-5-7-9-11-15-30-50(31-16-12-10-8-6-4-2)34-40-32-43(38-26-24-37(35-51)25-27-38)55-46(54-40)39-28-22-36(23-29-39)33-48-44(52)20-17-21-45(53)49-42-19-14-13-18-41(42)47/h13-14,18-19,22-29,40,43,46,51H,3-12,15-17,20-21,30-35,47H2,1-2H3,(H,48,52)(H,49,53). The molecule has 1 heterocycles. The molecule has 0 radical (unpaired) electrons. The number of nitrogens with one attached hydrogen (secondary N) is 2. The van der Waals surface area contributed by atoms with E-state index in [4.69, 9.17) is 15.2 Å². The highest BCUT2D eigenvalue weighted by molar-refractivity contribution is 5.93. The summed E-state index contributed by atoms with van der Waals surface area (Å²) in [6.45, 7) is 8.02. The average molecular weight is 757 g/mol. The first-order valence-electron chi connectivity index (χ1n) is 21.1. The van der Waals surface area contributed by atoms with Gasteiger partial charge in [0.1, 0.15) is 0 Å². The van der Waals surface area contributed by atoms with Gasteiger partial charge >= 0.3 is 0 Å². The smallest absolute Gasteiger partial charge is 0.224 e. The van der Waals surface area contributed by atoms with Gasteiger partial charge in [-0.2, -0.15) is 0 Å². The first-order chi connectivity index (χ1) is 26.9. The van der Waals surface area contributed by atoms with Crippen molar-refractivity contribution in [2.45, 2.75) is 148 Å². The monoisotopic (exact) mass is 757 g/mol. The van der Waals surface area contributed by atoms with Crippen LogP contribution in [0.2, 0.25) is 0 Å². The molecule has 9 heteroatoms. The first kappa shape index (κ1) is 44.0. The molecule has 3 aromatic rings. The highest BCUT2D eigenvalue weighted by Gasteiger charge is 2.33. The average Bonchev–Trinajstić information content (AvgIpc) is 3.20. The van der Waals surface area contributed by atoms with Crippen LogP contribution < -0.4 is 16.4 Å². The van der Waals surface area contributed by atoms with Gasteiger partial charge in [0.25, 0.3) is 0 Å². The number of unbranched alkanes of at least 4 members (excludes halogenated alkanes) is 10. The molecule has 0 aromatic heterocycles. The van der Waals surface area contributed by atoms with E-state index in [1.165, 1.54) is 77.0 Å². The lowest BCUT2D eigenvalue weighted by molar-refractivity contribution is -0.253. The first-order valence-corrected chi connectivity index (χ1v) is 21.1. The minimum absolute atomic E-state index is 0.00699. The summed E-state index contributed by atoms with van der Waals surface area (Å²) < 4.78 is 13.4. The summed E-state index contributed by atoms with van der Waals surface area (Å²) in [5.74, 6) is -0.261. The number of aliphatic hydroxyl groups excluding tert-OH is 1. The molecule has 55 heavy (non-hydrogen) atoms. The number of benzene rings is 3. The molecule has 0 aliphatic carbocycles. The summed E-state index contributed by atoms with van der Waals surface area (Å²) in [5, 5.41) is 15.4. The second-order valence-electron chi connectivity index (χ2n) is 15.2. The summed E-state index contributed by atoms with van der Waals surface area (Å²) in [6.07, 6.45) is 16.5. The molecule has 1 saturated heterocycles. The van der Waals surface area contributed by atoms with Crippen LogP contribution >= 0.6 is 0 Å². The van der Waals surface area contributed by atoms with Gasteiger partial charge in [-0.3, -0.25) is 9.59 Å². The van der Waals surface area contributed by atoms with E-state index in [-0.39, 0.29) is 43.5 Å². The van der Waals surface area contributed by atoms with Crippen LogP contribution in [0.25, 0.3) is 0 Å². The summed E-state index contributed by atoms with van der Waals surface area (Å²) in [5.41, 5.74) is 10.9. The summed E-state index contributed by atoms with van der Waals surface area (Å²) in [7, 11) is 0. The third kappa shape index (κ3) is 16.5. The van der Waals surface area contributed by atoms with Crippen LogP contribution in [0.5, 0.6) is 0 Å². The second-order valence-corrected chi connectivity index (χ2v) is 15.2. The third-order valence-electron chi connectivity index (χ3n) is 10.5. The van der Waals surface area contributed by atoms with Gasteiger partial charge < -0.3 is 35.8 Å². The van der Waals surface area contributed by atoms with E-state index in [0.29, 0.717) is 24.3 Å². The second kappa shape index (κ2) is 25.4. The predicted molar refractivity (Wildman–Crippen MR) is 223 cm³/mol. The number of anilines is 2. The SMILES string of the molecule is CCCCCCCCN(CCCCCCCC)CC1CC(c2ccc(CO)cc2)OC(c2ccc(CNC(=O)CCCC(=O)Nc3ccccc3N)cc2)O1. The Bertz CT molecular complexity index is 1500. The van der Waals surface area contributed by atoms with Crippen molar-refractivity contribution in [1.82, 2.24) is 10.2 Å². The summed E-state index contributed by atoms with van der Waals surface area (Å²) >= 11 is 0. The molecule has 4 rings (SSSR count). The Kier molecular flexibility index (Phi) is 20.3. The Labute approximate surface area is 330 Å². The number of amides is 2. The lowest BCUT2D eigenvalue weighted by Gasteiger charge is -2.38. The molecule has 3 atom stereocenters. The minimum atomic E-state index is -0.521. The zero-order chi connectivity index (χ0) is 39.1. The molecule has 9 nitrogen and oxygen atoms in total. The maximum absolute atomic E-state index is 12.6. The van der Waals surface area contributed by atoms with Gasteiger partial charge in [-0.15, -0.1) is 0 Å². The number of hydrogen-bond donors (Lipinski definition) is 4. The van der Waals surface area contributed by atoms with E-state index in [0.717, 1.165) is 48.3 Å². The number of aliphatic hydroxyl groups is 1. The van der Waals surface area contributed by atoms with Gasteiger partial charge in [-0.1, -0.05) is 139 Å². The van der Waals surface area contributed by atoms with E-state index < -0.39 is 6.29 Å². The maximum atomic E-state index is 12.6. The van der Waals surface area contributed by atoms with Crippen LogP contribution in [0.3, 0.4) is 0 Å². The lowest BCUT2D eigenvalue weighted by atomic mass is 9.99. The number of para-hydroxylation sites is 2. The normalized spacial score (nSPS) is 17.0. The fourth-order valence-electron chi connectivity index (χ4n) is 7.16. The Morgan fingerprint density at radius 3 is 1.93 bits per heavy atom. The summed E-state index contributed by atoms with van der Waals surface area (Å²) in [6, 6.07) is 23.3. The van der Waals surface area contributed by atoms with Gasteiger partial charge in [-0.05, 0) is 61.2 Å². The van der Waals surface area contributed by atoms with Crippen LogP contribution in [0, 0.1) is 0 Å². The number of nitrogens with zero attached hydrogens (tertiary/aromatic N) is 1. The molecule has 3 unspecified atom stereocenters. The molecule has 1 aliphatic heterocycles. The highest BCUT2D eigenvalue weighted by Crippen LogP contribution is 2.38. The van der Waals surface area contributed by atoms with Crippen molar-refractivity contribution in [3.05, 3.63) is 95.1 Å². The minimum Gasteiger partial charge on any atom is -0.397 e. The highest BCUT2D eigenvalue weighted by atomic mass is 16.7. The molecule has 2 amide bonds. The maximum Gasteiger partial charge on any atom is 0.224 e. The number of ether oxygens (including phenoxy) is 2. The molecule has 302 valence electrons. The third-order valence-corrected chi connectivity index (χ3v) is 10.5. The van der Waals surface area contributed by atoms with Crippen molar-refractivity contribution in [2.75, 3.05) is 30.7 Å². The van der Waals surface area contributed by atoms with Crippen LogP contribution in [0.15, 0.2) is 72.8 Å². The Morgan fingerprint density at radius 2 is 1.29 bits per heavy atom. The fraction of sp³-hybridized carbons (Fsp3) is 0.565. The zero-order valence-electron chi connectivity index (χ0n) is 33.6. The lowest BCUT2D eigenvalue weighted by Crippen LogP contribution is -2.40. The molecule has 1 aliphatic rings. The van der Waals surface area contributed by atoms with Gasteiger partial charge in [0.05, 0.1) is 30.2 Å². The topological polar surface area (TPSA) is 126 Å². The largest absolute Gasteiger partial charge is 0.397 e. The van der Waals surface area contributed by atoms with Gasteiger partial charge in [0.15, 0.2) is 6.29 Å². The molecular weight excluding hydrogens is 689 g/mol. The molecule has 0 spiro atoms. The Balaban J connectivity index is 1.33. The van der Waals surface area contributed by atoms with E-state index in [1.54, 1.807) is 12.1 Å². The van der Waals surface area contributed by atoms with Crippen molar-refractivity contribution in [2.24, 2.45) is 0 Å². The number of hydrogen-bond acceptors (Lipinski definition) is 7. The number of carbonyl (C=O) groups is 2. The molecule has 0 bridgehead atoms. The Hall–Kier alpha value is -3.76. The van der Waals surface area contributed by atoms with E-state index >= 15 is 0 Å². The molecular formula is C46H68N4O5. The fourth-order valence-corrected chi connectivity index (χ4v) is 7.16. The molecule has 5 N–H and O–H groups in total. The van der Waals surface area contributed by atoms with Crippen molar-refractivity contribution in [1.29, 1.82) is 0 Å². The van der Waals surface area contributed by atoms with Crippen molar-refractivity contribution >= 4 is 23.2 Å². The van der Waals surface area contributed by atoms with Crippen molar-refractivity contribution in [3.63, 3.8) is 0 Å². The van der Waals surface area contributed by atoms with Crippen LogP contribution in [-0.4, -0.2) is 47.6 Å². The quantitative estimate of drug-likeness (QED) is 0.0475. The van der Waals surface area contributed by atoms with Gasteiger partial charge in [0.2, 0.25) is 11.8 Å². The number of carbonyl (C=O) groups excluding carboxylic acids is 2. The van der Waals surface area contributed by atoms with Gasteiger partial charge in [-0.25, -0.2) is 0 Å². The van der Waals surface area contributed by atoms with E-state index in [9.17, 15) is 14.7 Å². The van der Waals surface area contributed by atoms with E-state index in [2.05, 4.69) is 41.5 Å². The number of rotatable bonds is 26. The zero-order valence-corrected chi connectivity index (χ0v) is 33.6. The number of nitrogen functional groups attached to an aromatic ring is 1. The van der Waals surface area contributed by atoms with Crippen molar-refractivity contribution in [3.8, 4) is 0 Å². The molecule has 0 saturated carbocycles.